The van der Waals surface area contributed by atoms with Crippen LogP contribution in [-0.2, 0) is 17.6 Å². The fraction of sp³-hybridized carbons (Fsp3) is 0.269. The lowest BCUT2D eigenvalue weighted by atomic mass is 10.0. The third kappa shape index (κ3) is 5.17. The summed E-state index contributed by atoms with van der Waals surface area (Å²) in [4.78, 5) is 28.4. The molecule has 0 radical (unpaired) electrons. The van der Waals surface area contributed by atoms with Crippen molar-refractivity contribution in [3.05, 3.63) is 82.8 Å². The van der Waals surface area contributed by atoms with E-state index in [2.05, 4.69) is 15.2 Å². The van der Waals surface area contributed by atoms with Crippen molar-refractivity contribution in [2.75, 3.05) is 25.1 Å². The molecule has 1 aromatic heterocycles. The molecule has 2 aliphatic rings. The van der Waals surface area contributed by atoms with Crippen LogP contribution in [0.3, 0.4) is 0 Å². The van der Waals surface area contributed by atoms with Crippen molar-refractivity contribution in [3.8, 4) is 5.75 Å². The standard InChI is InChI=1S/C22H20FN3O2.C4H7NO/c1-28-20-6-5-14(12-18(20)23)11-15-7-9-25-21(13-15)26-10-8-16-17(22(24)27)3-2-4-19(16)26;6-4-2-1-3-5-4/h2-7,9,12-13H,8,10-11H2,1H3,(H2,24,27);1-3H2,(H,5,6). The normalized spacial score (nSPS) is 14.2. The van der Waals surface area contributed by atoms with Crippen LogP contribution in [0.4, 0.5) is 15.9 Å². The average Bonchev–Trinajstić information content (AvgIpc) is 3.48. The number of amides is 2. The van der Waals surface area contributed by atoms with Gasteiger partial charge in [-0.1, -0.05) is 12.1 Å². The molecule has 0 saturated carbocycles. The molecule has 1 saturated heterocycles. The number of methoxy groups -OCH3 is 1. The molecule has 8 heteroatoms. The first-order valence-electron chi connectivity index (χ1n) is 11.2. The van der Waals surface area contributed by atoms with Gasteiger partial charge in [0, 0.05) is 37.0 Å². The number of carbonyl (C=O) groups excluding carboxylic acids is 2. The predicted octanol–water partition coefficient (Wildman–Crippen LogP) is 3.51. The second kappa shape index (κ2) is 10.3. The summed E-state index contributed by atoms with van der Waals surface area (Å²) >= 11 is 0. The minimum Gasteiger partial charge on any atom is -0.494 e. The molecule has 3 N–H and O–H groups in total. The number of rotatable bonds is 5. The van der Waals surface area contributed by atoms with Crippen LogP contribution in [-0.4, -0.2) is 37.0 Å². The first kappa shape index (κ1) is 23.2. The van der Waals surface area contributed by atoms with E-state index in [1.54, 1.807) is 18.3 Å². The van der Waals surface area contributed by atoms with E-state index in [0.717, 1.165) is 60.5 Å². The Balaban J connectivity index is 0.000000398. The van der Waals surface area contributed by atoms with Crippen LogP contribution >= 0.6 is 0 Å². The predicted molar refractivity (Wildman–Crippen MR) is 128 cm³/mol. The Labute approximate surface area is 197 Å². The van der Waals surface area contributed by atoms with Crippen LogP contribution in [0.25, 0.3) is 0 Å². The van der Waals surface area contributed by atoms with Crippen LogP contribution in [0, 0.1) is 5.82 Å². The molecular weight excluding hydrogens is 435 g/mol. The van der Waals surface area contributed by atoms with E-state index in [4.69, 9.17) is 10.5 Å². The minimum absolute atomic E-state index is 0.204. The van der Waals surface area contributed by atoms with Crippen LogP contribution in [0.15, 0.2) is 54.7 Å². The molecule has 34 heavy (non-hydrogen) atoms. The largest absolute Gasteiger partial charge is 0.494 e. The maximum absolute atomic E-state index is 14.0. The van der Waals surface area contributed by atoms with Crippen molar-refractivity contribution in [2.45, 2.75) is 25.7 Å². The van der Waals surface area contributed by atoms with Crippen molar-refractivity contribution in [3.63, 3.8) is 0 Å². The van der Waals surface area contributed by atoms with Gasteiger partial charge in [-0.2, -0.15) is 0 Å². The minimum atomic E-state index is -0.415. The van der Waals surface area contributed by atoms with Crippen LogP contribution in [0.2, 0.25) is 0 Å². The van der Waals surface area contributed by atoms with E-state index >= 15 is 0 Å². The molecule has 7 nitrogen and oxygen atoms in total. The molecule has 2 aliphatic heterocycles. The van der Waals surface area contributed by atoms with Gasteiger partial charge in [-0.3, -0.25) is 9.59 Å². The van der Waals surface area contributed by atoms with Gasteiger partial charge in [0.25, 0.3) is 0 Å². The van der Waals surface area contributed by atoms with Gasteiger partial charge in [-0.25, -0.2) is 9.37 Å². The SMILES string of the molecule is COc1ccc(Cc2ccnc(N3CCc4c(C(N)=O)cccc43)c2)cc1F.O=C1CCCN1. The maximum atomic E-state index is 14.0. The average molecular weight is 463 g/mol. The highest BCUT2D eigenvalue weighted by atomic mass is 19.1. The van der Waals surface area contributed by atoms with E-state index in [1.807, 2.05) is 30.3 Å². The molecule has 5 rings (SSSR count). The number of carbonyl (C=O) groups is 2. The highest BCUT2D eigenvalue weighted by molar-refractivity contribution is 5.96. The number of ether oxygens (including phenoxy) is 1. The number of aromatic nitrogens is 1. The Morgan fingerprint density at radius 1 is 1.18 bits per heavy atom. The van der Waals surface area contributed by atoms with E-state index < -0.39 is 5.91 Å². The first-order valence-corrected chi connectivity index (χ1v) is 11.2. The van der Waals surface area contributed by atoms with Gasteiger partial charge in [0.15, 0.2) is 11.6 Å². The number of fused-ring (bicyclic) bond motifs is 1. The van der Waals surface area contributed by atoms with Gasteiger partial charge in [0.1, 0.15) is 5.82 Å². The molecule has 0 atom stereocenters. The summed E-state index contributed by atoms with van der Waals surface area (Å²) in [5, 5.41) is 2.68. The summed E-state index contributed by atoms with van der Waals surface area (Å²) in [6.45, 7) is 1.62. The Morgan fingerprint density at radius 3 is 2.65 bits per heavy atom. The molecule has 0 unspecified atom stereocenters. The van der Waals surface area contributed by atoms with Crippen molar-refractivity contribution in [1.29, 1.82) is 0 Å². The molecule has 3 aromatic rings. The molecule has 2 amide bonds. The van der Waals surface area contributed by atoms with Crippen LogP contribution in [0.5, 0.6) is 5.75 Å². The molecule has 0 bridgehead atoms. The molecular formula is C26H27FN4O3. The fourth-order valence-electron chi connectivity index (χ4n) is 4.24. The topological polar surface area (TPSA) is 97.5 Å². The third-order valence-corrected chi connectivity index (χ3v) is 5.91. The van der Waals surface area contributed by atoms with Crippen molar-refractivity contribution in [2.24, 2.45) is 5.73 Å². The quantitative estimate of drug-likeness (QED) is 0.605. The second-order valence-corrected chi connectivity index (χ2v) is 8.19. The molecule has 176 valence electrons. The summed E-state index contributed by atoms with van der Waals surface area (Å²) in [5.74, 6) is 0.448. The molecule has 3 heterocycles. The Hall–Kier alpha value is -3.94. The number of nitrogens with two attached hydrogens (primary N) is 1. The van der Waals surface area contributed by atoms with Gasteiger partial charge in [-0.05, 0) is 72.4 Å². The number of halogens is 1. The zero-order valence-corrected chi connectivity index (χ0v) is 19.0. The number of nitrogens with one attached hydrogen (secondary N) is 1. The number of pyridine rings is 1. The fourth-order valence-corrected chi connectivity index (χ4v) is 4.24. The van der Waals surface area contributed by atoms with E-state index in [9.17, 15) is 14.0 Å². The summed E-state index contributed by atoms with van der Waals surface area (Å²) < 4.78 is 18.9. The van der Waals surface area contributed by atoms with Gasteiger partial charge < -0.3 is 20.7 Å². The van der Waals surface area contributed by atoms with Crippen molar-refractivity contribution < 1.29 is 18.7 Å². The third-order valence-electron chi connectivity index (χ3n) is 5.91. The number of hydrogen-bond donors (Lipinski definition) is 2. The highest BCUT2D eigenvalue weighted by Gasteiger charge is 2.25. The lowest BCUT2D eigenvalue weighted by Crippen LogP contribution is -2.15. The van der Waals surface area contributed by atoms with E-state index in [0.29, 0.717) is 12.0 Å². The summed E-state index contributed by atoms with van der Waals surface area (Å²) in [5.41, 5.74) is 9.85. The Bertz CT molecular complexity index is 1210. The zero-order valence-electron chi connectivity index (χ0n) is 19.0. The van der Waals surface area contributed by atoms with Gasteiger partial charge in [-0.15, -0.1) is 0 Å². The number of benzene rings is 2. The van der Waals surface area contributed by atoms with Crippen LogP contribution < -0.4 is 20.7 Å². The number of hydrogen-bond acceptors (Lipinski definition) is 5. The Morgan fingerprint density at radius 2 is 2.00 bits per heavy atom. The lowest BCUT2D eigenvalue weighted by Gasteiger charge is -2.19. The van der Waals surface area contributed by atoms with Crippen molar-refractivity contribution in [1.82, 2.24) is 10.3 Å². The maximum Gasteiger partial charge on any atom is 0.249 e. The number of anilines is 2. The highest BCUT2D eigenvalue weighted by Crippen LogP contribution is 2.35. The lowest BCUT2D eigenvalue weighted by molar-refractivity contribution is -0.119. The van der Waals surface area contributed by atoms with Crippen molar-refractivity contribution >= 4 is 23.3 Å². The van der Waals surface area contributed by atoms with Gasteiger partial charge >= 0.3 is 0 Å². The summed E-state index contributed by atoms with van der Waals surface area (Å²) in [6.07, 6.45) is 4.84. The summed E-state index contributed by atoms with van der Waals surface area (Å²) in [6, 6.07) is 14.5. The monoisotopic (exact) mass is 462 g/mol. The molecule has 2 aromatic carbocycles. The Kier molecular flexibility index (Phi) is 7.06. The zero-order chi connectivity index (χ0) is 24.1. The molecule has 0 aliphatic carbocycles. The second-order valence-electron chi connectivity index (χ2n) is 8.19. The first-order chi connectivity index (χ1) is 16.5. The molecule has 0 spiro atoms. The molecule has 1 fully saturated rings. The van der Waals surface area contributed by atoms with Gasteiger partial charge in [0.05, 0.1) is 7.11 Å². The van der Waals surface area contributed by atoms with Crippen LogP contribution in [0.1, 0.15) is 39.9 Å². The van der Waals surface area contributed by atoms with E-state index in [-0.39, 0.29) is 17.5 Å². The van der Waals surface area contributed by atoms with E-state index in [1.165, 1.54) is 13.2 Å². The summed E-state index contributed by atoms with van der Waals surface area (Å²) in [7, 11) is 1.45. The van der Waals surface area contributed by atoms with Gasteiger partial charge in [0.2, 0.25) is 11.8 Å². The smallest absolute Gasteiger partial charge is 0.249 e. The number of nitrogens with zero attached hydrogens (tertiary/aromatic N) is 2. The number of primary amides is 1.